The monoisotopic (exact) mass is 288 g/mol. The molecule has 4 N–H and O–H groups in total. The Morgan fingerprint density at radius 3 is 2.67 bits per heavy atom. The lowest BCUT2D eigenvalue weighted by molar-refractivity contribution is -0.139. The van der Waals surface area contributed by atoms with Crippen LogP contribution in [0.3, 0.4) is 0 Å². The van der Waals surface area contributed by atoms with E-state index in [0.29, 0.717) is 11.0 Å². The van der Waals surface area contributed by atoms with E-state index in [4.69, 9.17) is 10.3 Å². The third-order valence-corrected chi connectivity index (χ3v) is 2.69. The molecule has 0 bridgehead atoms. The molecule has 8 nitrogen and oxygen atoms in total. The van der Waals surface area contributed by atoms with E-state index < -0.39 is 17.4 Å². The van der Waals surface area contributed by atoms with Gasteiger partial charge < -0.3 is 4.42 Å². The number of amides is 2. The molecule has 2 rings (SSSR count). The van der Waals surface area contributed by atoms with Crippen LogP contribution >= 0.6 is 0 Å². The molecule has 2 aromatic rings. The number of para-hydroxylation sites is 1. The molecule has 0 aliphatic rings. The summed E-state index contributed by atoms with van der Waals surface area (Å²) in [6.45, 7) is 1.50. The number of hydrogen-bond acceptors (Lipinski definition) is 6. The fourth-order valence-corrected chi connectivity index (χ4v) is 1.63. The highest BCUT2D eigenvalue weighted by Crippen LogP contribution is 2.12. The maximum Gasteiger partial charge on any atom is 0.345 e. The minimum absolute atomic E-state index is 0.183. The molecule has 0 atom stereocenters. The standard InChI is InChI=1S/C13H12N4O4/c1-7(16-17-12(19)11(18)15-14)9-6-8-4-2-3-5-10(8)21-13(9)20/h2-6H,14H2,1H3,(H,15,18)(H,17,19). The van der Waals surface area contributed by atoms with E-state index in [1.165, 1.54) is 6.92 Å². The molecule has 0 spiro atoms. The Kier molecular flexibility index (Phi) is 4.10. The van der Waals surface area contributed by atoms with E-state index in [1.54, 1.807) is 35.8 Å². The van der Waals surface area contributed by atoms with Crippen LogP contribution in [0.2, 0.25) is 0 Å². The first-order chi connectivity index (χ1) is 10.0. The smallest absolute Gasteiger partial charge is 0.345 e. The number of benzene rings is 1. The molecule has 8 heteroatoms. The Morgan fingerprint density at radius 1 is 1.24 bits per heavy atom. The normalized spacial score (nSPS) is 11.2. The van der Waals surface area contributed by atoms with Gasteiger partial charge in [-0.25, -0.2) is 16.1 Å². The summed E-state index contributed by atoms with van der Waals surface area (Å²) in [4.78, 5) is 34.0. The quantitative estimate of drug-likeness (QED) is 0.173. The summed E-state index contributed by atoms with van der Waals surface area (Å²) in [5, 5.41) is 4.39. The zero-order valence-corrected chi connectivity index (χ0v) is 11.0. The number of nitrogens with one attached hydrogen (secondary N) is 2. The summed E-state index contributed by atoms with van der Waals surface area (Å²) in [5.41, 5.74) is 3.89. The predicted molar refractivity (Wildman–Crippen MR) is 75.2 cm³/mol. The van der Waals surface area contributed by atoms with Crippen molar-refractivity contribution < 1.29 is 14.0 Å². The molecule has 0 saturated heterocycles. The number of fused-ring (bicyclic) bond motifs is 1. The van der Waals surface area contributed by atoms with Crippen molar-refractivity contribution in [2.75, 3.05) is 0 Å². The first-order valence-corrected chi connectivity index (χ1v) is 5.91. The molecule has 0 radical (unpaired) electrons. The molecule has 1 aromatic carbocycles. The molecular weight excluding hydrogens is 276 g/mol. The Bertz CT molecular complexity index is 794. The van der Waals surface area contributed by atoms with Gasteiger partial charge in [-0.15, -0.1) is 0 Å². The van der Waals surface area contributed by atoms with Gasteiger partial charge >= 0.3 is 17.4 Å². The number of nitrogens with two attached hydrogens (primary N) is 1. The highest BCUT2D eigenvalue weighted by atomic mass is 16.4. The van der Waals surface area contributed by atoms with Gasteiger partial charge in [-0.3, -0.25) is 15.0 Å². The predicted octanol–water partition coefficient (Wildman–Crippen LogP) is -0.377. The van der Waals surface area contributed by atoms with E-state index >= 15 is 0 Å². The van der Waals surface area contributed by atoms with Crippen LogP contribution in [0.15, 0.2) is 44.6 Å². The van der Waals surface area contributed by atoms with Gasteiger partial charge in [0.05, 0.1) is 11.3 Å². The van der Waals surface area contributed by atoms with Gasteiger partial charge in [0, 0.05) is 5.39 Å². The largest absolute Gasteiger partial charge is 0.422 e. The van der Waals surface area contributed by atoms with Crippen LogP contribution in [-0.4, -0.2) is 17.5 Å². The van der Waals surface area contributed by atoms with E-state index in [9.17, 15) is 14.4 Å². The summed E-state index contributed by atoms with van der Waals surface area (Å²) in [6.07, 6.45) is 0. The van der Waals surface area contributed by atoms with Crippen LogP contribution in [0.4, 0.5) is 0 Å². The summed E-state index contributed by atoms with van der Waals surface area (Å²) in [6, 6.07) is 8.58. The van der Waals surface area contributed by atoms with Crippen LogP contribution in [-0.2, 0) is 9.59 Å². The fourth-order valence-electron chi connectivity index (χ4n) is 1.63. The zero-order valence-electron chi connectivity index (χ0n) is 11.0. The number of hydrazine groups is 1. The van der Waals surface area contributed by atoms with Crippen LogP contribution < -0.4 is 22.3 Å². The van der Waals surface area contributed by atoms with E-state index in [0.717, 1.165) is 0 Å². The molecule has 108 valence electrons. The van der Waals surface area contributed by atoms with Crippen molar-refractivity contribution in [1.82, 2.24) is 10.9 Å². The van der Waals surface area contributed by atoms with Gasteiger partial charge in [0.2, 0.25) is 0 Å². The number of carbonyl (C=O) groups is 2. The lowest BCUT2D eigenvalue weighted by atomic mass is 10.1. The van der Waals surface area contributed by atoms with E-state index in [-0.39, 0.29) is 11.3 Å². The minimum Gasteiger partial charge on any atom is -0.422 e. The highest BCUT2D eigenvalue weighted by Gasteiger charge is 2.12. The second kappa shape index (κ2) is 5.97. The van der Waals surface area contributed by atoms with Gasteiger partial charge in [0.15, 0.2) is 0 Å². The third-order valence-electron chi connectivity index (χ3n) is 2.69. The zero-order chi connectivity index (χ0) is 15.4. The lowest BCUT2D eigenvalue weighted by Crippen LogP contribution is -2.41. The third kappa shape index (κ3) is 3.12. The van der Waals surface area contributed by atoms with Crippen molar-refractivity contribution in [1.29, 1.82) is 0 Å². The Hall–Kier alpha value is -3.00. The van der Waals surface area contributed by atoms with Crippen molar-refractivity contribution in [3.63, 3.8) is 0 Å². The summed E-state index contributed by atoms with van der Waals surface area (Å²) in [5.74, 6) is 2.72. The number of hydrogen-bond donors (Lipinski definition) is 3. The van der Waals surface area contributed by atoms with Crippen molar-refractivity contribution in [3.8, 4) is 0 Å². The molecule has 0 fully saturated rings. The Morgan fingerprint density at radius 2 is 1.95 bits per heavy atom. The first-order valence-electron chi connectivity index (χ1n) is 5.91. The molecule has 0 aliphatic heterocycles. The van der Waals surface area contributed by atoms with Crippen molar-refractivity contribution in [3.05, 3.63) is 46.3 Å². The van der Waals surface area contributed by atoms with Crippen molar-refractivity contribution >= 4 is 28.5 Å². The minimum atomic E-state index is -1.04. The number of hydrazone groups is 1. The molecule has 1 heterocycles. The van der Waals surface area contributed by atoms with E-state index in [1.807, 2.05) is 5.43 Å². The van der Waals surface area contributed by atoms with E-state index in [2.05, 4.69) is 5.10 Å². The van der Waals surface area contributed by atoms with Gasteiger partial charge in [-0.1, -0.05) is 18.2 Å². The topological polar surface area (TPSA) is 127 Å². The lowest BCUT2D eigenvalue weighted by Gasteiger charge is -2.02. The molecule has 1 aromatic heterocycles. The van der Waals surface area contributed by atoms with Gasteiger partial charge in [-0.05, 0) is 19.1 Å². The molecule has 0 unspecified atom stereocenters. The number of rotatable bonds is 2. The van der Waals surface area contributed by atoms with Crippen molar-refractivity contribution in [2.45, 2.75) is 6.92 Å². The van der Waals surface area contributed by atoms with Gasteiger partial charge in [0.1, 0.15) is 5.58 Å². The molecule has 21 heavy (non-hydrogen) atoms. The summed E-state index contributed by atoms with van der Waals surface area (Å²) in [7, 11) is 0. The average molecular weight is 288 g/mol. The number of carbonyl (C=O) groups excluding carboxylic acids is 2. The van der Waals surface area contributed by atoms with Crippen molar-refractivity contribution in [2.24, 2.45) is 10.9 Å². The average Bonchev–Trinajstić information content (AvgIpc) is 2.50. The van der Waals surface area contributed by atoms with Crippen LogP contribution in [0.25, 0.3) is 11.0 Å². The highest BCUT2D eigenvalue weighted by molar-refractivity contribution is 6.34. The van der Waals surface area contributed by atoms with Gasteiger partial charge in [-0.2, -0.15) is 5.10 Å². The second-order valence-electron chi connectivity index (χ2n) is 4.10. The SMILES string of the molecule is CC(=NNC(=O)C(=O)NN)c1cc2ccccc2oc1=O. The van der Waals surface area contributed by atoms with Gasteiger partial charge in [0.25, 0.3) is 0 Å². The molecule has 2 amide bonds. The van der Waals surface area contributed by atoms with Crippen LogP contribution in [0, 0.1) is 0 Å². The molecule has 0 aliphatic carbocycles. The molecule has 0 saturated carbocycles. The summed E-state index contributed by atoms with van der Waals surface area (Å²) < 4.78 is 5.14. The second-order valence-corrected chi connectivity index (χ2v) is 4.10. The van der Waals surface area contributed by atoms with Crippen LogP contribution in [0.1, 0.15) is 12.5 Å². The Labute approximate surface area is 118 Å². The fraction of sp³-hybridized carbons (Fsp3) is 0.0769. The Balaban J connectivity index is 2.32. The first kappa shape index (κ1) is 14.4. The number of nitrogens with zero attached hydrogens (tertiary/aromatic N) is 1. The molecular formula is C13H12N4O4. The van der Waals surface area contributed by atoms with Crippen LogP contribution in [0.5, 0.6) is 0 Å². The summed E-state index contributed by atoms with van der Waals surface area (Å²) >= 11 is 0. The maximum absolute atomic E-state index is 11.8. The maximum atomic E-state index is 11.8.